The molecule has 0 atom stereocenters. The molecule has 0 saturated carbocycles. The molecular formula is C20H12N2O2. The lowest BCUT2D eigenvalue weighted by Gasteiger charge is -2.05. The van der Waals surface area contributed by atoms with Crippen molar-refractivity contribution in [3.05, 3.63) is 77.9 Å². The first-order chi connectivity index (χ1) is 11.9. The van der Waals surface area contributed by atoms with Crippen LogP contribution in [0.2, 0.25) is 0 Å². The molecule has 4 aromatic rings. The second-order valence-electron chi connectivity index (χ2n) is 5.71. The van der Waals surface area contributed by atoms with Gasteiger partial charge in [-0.15, -0.1) is 0 Å². The second-order valence-corrected chi connectivity index (χ2v) is 5.71. The summed E-state index contributed by atoms with van der Waals surface area (Å²) in [5, 5.41) is 13.0. The average Bonchev–Trinajstić information content (AvgIpc) is 3.20. The predicted molar refractivity (Wildman–Crippen MR) is 92.3 cm³/mol. The van der Waals surface area contributed by atoms with Gasteiger partial charge in [-0.25, -0.2) is 4.98 Å². The Morgan fingerprint density at radius 2 is 1.46 bits per heavy atom. The van der Waals surface area contributed by atoms with E-state index in [2.05, 4.69) is 10.1 Å². The van der Waals surface area contributed by atoms with Gasteiger partial charge >= 0.3 is 0 Å². The molecule has 0 saturated heterocycles. The second kappa shape index (κ2) is 4.80. The molecule has 0 spiro atoms. The fourth-order valence-corrected chi connectivity index (χ4v) is 3.37. The van der Waals surface area contributed by atoms with Crippen LogP contribution in [-0.2, 0) is 0 Å². The number of rotatable bonds is 1. The van der Waals surface area contributed by atoms with Crippen molar-refractivity contribution in [1.29, 1.82) is 0 Å². The van der Waals surface area contributed by atoms with Gasteiger partial charge < -0.3 is 9.62 Å². The van der Waals surface area contributed by atoms with Crippen LogP contribution in [0.15, 0.2) is 76.3 Å². The van der Waals surface area contributed by atoms with Crippen LogP contribution in [0.5, 0.6) is 0 Å². The van der Waals surface area contributed by atoms with Gasteiger partial charge in [0.05, 0.1) is 0 Å². The molecule has 5 rings (SSSR count). The zero-order chi connectivity index (χ0) is 16.1. The Bertz CT molecular complexity index is 1090. The molecule has 1 aromatic heterocycles. The summed E-state index contributed by atoms with van der Waals surface area (Å²) >= 11 is 0. The third-order valence-electron chi connectivity index (χ3n) is 4.40. The third-order valence-corrected chi connectivity index (χ3v) is 4.40. The van der Waals surface area contributed by atoms with E-state index in [-0.39, 0.29) is 0 Å². The predicted octanol–water partition coefficient (Wildman–Crippen LogP) is 4.70. The Morgan fingerprint density at radius 3 is 2.29 bits per heavy atom. The smallest absolute Gasteiger partial charge is 0.227 e. The van der Waals surface area contributed by atoms with E-state index in [1.54, 1.807) is 0 Å². The zero-order valence-electron chi connectivity index (χ0n) is 12.6. The molecule has 0 radical (unpaired) electrons. The first-order valence-corrected chi connectivity index (χ1v) is 7.68. The lowest BCUT2D eigenvalue weighted by molar-refractivity contribution is 0.320. The maximum Gasteiger partial charge on any atom is 0.227 e. The summed E-state index contributed by atoms with van der Waals surface area (Å²) < 4.78 is 5.95. The van der Waals surface area contributed by atoms with Crippen molar-refractivity contribution >= 4 is 16.8 Å². The van der Waals surface area contributed by atoms with E-state index in [9.17, 15) is 5.21 Å². The Kier molecular flexibility index (Phi) is 2.61. The van der Waals surface area contributed by atoms with Gasteiger partial charge in [-0.1, -0.05) is 53.7 Å². The maximum atomic E-state index is 9.48. The highest BCUT2D eigenvalue weighted by molar-refractivity contribution is 6.25. The van der Waals surface area contributed by atoms with Gasteiger partial charge in [0, 0.05) is 22.3 Å². The summed E-state index contributed by atoms with van der Waals surface area (Å²) in [6.07, 6.45) is 0. The van der Waals surface area contributed by atoms with E-state index in [4.69, 9.17) is 4.42 Å². The van der Waals surface area contributed by atoms with Crippen LogP contribution in [0.1, 0.15) is 11.1 Å². The highest BCUT2D eigenvalue weighted by Gasteiger charge is 2.29. The van der Waals surface area contributed by atoms with Gasteiger partial charge in [0.25, 0.3) is 0 Å². The van der Waals surface area contributed by atoms with Crippen molar-refractivity contribution in [3.8, 4) is 22.6 Å². The van der Waals surface area contributed by atoms with Gasteiger partial charge in [0.15, 0.2) is 5.58 Å². The Hall–Kier alpha value is -3.40. The largest absolute Gasteiger partial charge is 0.436 e. The van der Waals surface area contributed by atoms with Crippen molar-refractivity contribution < 1.29 is 9.62 Å². The highest BCUT2D eigenvalue weighted by Crippen LogP contribution is 2.43. The van der Waals surface area contributed by atoms with E-state index in [0.717, 1.165) is 38.9 Å². The number of aromatic nitrogens is 1. The maximum absolute atomic E-state index is 9.48. The van der Waals surface area contributed by atoms with Gasteiger partial charge in [-0.05, 0) is 23.8 Å². The number of nitrogens with zero attached hydrogens (tertiary/aromatic N) is 2. The van der Waals surface area contributed by atoms with Gasteiger partial charge in [0.1, 0.15) is 11.2 Å². The minimum Gasteiger partial charge on any atom is -0.436 e. The molecule has 1 N–H and O–H groups in total. The molecule has 1 aliphatic rings. The van der Waals surface area contributed by atoms with Crippen LogP contribution in [0.3, 0.4) is 0 Å². The summed E-state index contributed by atoms with van der Waals surface area (Å²) in [5.74, 6) is 0.571. The van der Waals surface area contributed by atoms with Crippen LogP contribution in [0.25, 0.3) is 33.7 Å². The third kappa shape index (κ3) is 1.68. The van der Waals surface area contributed by atoms with E-state index in [0.29, 0.717) is 11.6 Å². The van der Waals surface area contributed by atoms with E-state index < -0.39 is 0 Å². The molecule has 4 heteroatoms. The number of oxazole rings is 1. The van der Waals surface area contributed by atoms with Crippen molar-refractivity contribution in [2.75, 3.05) is 0 Å². The van der Waals surface area contributed by atoms with Crippen molar-refractivity contribution in [3.63, 3.8) is 0 Å². The quantitative estimate of drug-likeness (QED) is 0.360. The molecule has 3 aromatic carbocycles. The van der Waals surface area contributed by atoms with Crippen molar-refractivity contribution in [2.45, 2.75) is 0 Å². The summed E-state index contributed by atoms with van der Waals surface area (Å²) in [7, 11) is 0. The molecule has 1 aliphatic carbocycles. The summed E-state index contributed by atoms with van der Waals surface area (Å²) in [6, 6.07) is 21.5. The minimum absolute atomic E-state index is 0.571. The van der Waals surface area contributed by atoms with Crippen LogP contribution >= 0.6 is 0 Å². The number of hydrogen-bond acceptors (Lipinski definition) is 4. The standard InChI is InChI=1S/C20H12N2O2/c23-22-19-13-7-2-1-6-12(13)18-14(19)8-5-9-15(18)20-21-16-10-3-4-11-17(16)24-20/h1-11,23H. The molecule has 0 aliphatic heterocycles. The first kappa shape index (κ1) is 13.1. The summed E-state index contributed by atoms with van der Waals surface area (Å²) in [4.78, 5) is 4.62. The monoisotopic (exact) mass is 312 g/mol. The van der Waals surface area contributed by atoms with E-state index >= 15 is 0 Å². The molecule has 24 heavy (non-hydrogen) atoms. The van der Waals surface area contributed by atoms with E-state index in [1.807, 2.05) is 66.7 Å². The van der Waals surface area contributed by atoms with Crippen LogP contribution in [0, 0.1) is 0 Å². The first-order valence-electron chi connectivity index (χ1n) is 7.68. The highest BCUT2D eigenvalue weighted by atomic mass is 16.4. The lowest BCUT2D eigenvalue weighted by Crippen LogP contribution is -1.97. The topological polar surface area (TPSA) is 58.6 Å². The molecule has 114 valence electrons. The molecule has 0 unspecified atom stereocenters. The number of para-hydroxylation sites is 2. The average molecular weight is 312 g/mol. The fraction of sp³-hybridized carbons (Fsp3) is 0. The number of fused-ring (bicyclic) bond motifs is 4. The SMILES string of the molecule is ON=C1c2ccccc2-c2c1cccc2-c1nc2ccccc2o1. The van der Waals surface area contributed by atoms with Gasteiger partial charge in [-0.2, -0.15) is 0 Å². The molecule has 1 heterocycles. The Morgan fingerprint density at radius 1 is 0.750 bits per heavy atom. The lowest BCUT2D eigenvalue weighted by atomic mass is 9.99. The van der Waals surface area contributed by atoms with Crippen molar-refractivity contribution in [2.24, 2.45) is 5.16 Å². The normalized spacial score (nSPS) is 14.1. The van der Waals surface area contributed by atoms with Crippen LogP contribution in [0.4, 0.5) is 0 Å². The molecule has 0 bridgehead atoms. The summed E-state index contributed by atoms with van der Waals surface area (Å²) in [5.41, 5.74) is 6.89. The molecule has 0 fully saturated rings. The summed E-state index contributed by atoms with van der Waals surface area (Å²) in [6.45, 7) is 0. The Labute approximate surface area is 137 Å². The van der Waals surface area contributed by atoms with Gasteiger partial charge in [0.2, 0.25) is 5.89 Å². The fourth-order valence-electron chi connectivity index (χ4n) is 3.37. The number of hydrogen-bond donors (Lipinski definition) is 1. The number of oxime groups is 1. The Balaban J connectivity index is 1.84. The molecule has 0 amide bonds. The van der Waals surface area contributed by atoms with E-state index in [1.165, 1.54) is 0 Å². The van der Waals surface area contributed by atoms with Crippen molar-refractivity contribution in [1.82, 2.24) is 4.98 Å². The van der Waals surface area contributed by atoms with Crippen LogP contribution < -0.4 is 0 Å². The van der Waals surface area contributed by atoms with Crippen LogP contribution in [-0.4, -0.2) is 15.9 Å². The number of benzene rings is 3. The molecule has 4 nitrogen and oxygen atoms in total. The minimum atomic E-state index is 0.571. The van der Waals surface area contributed by atoms with Gasteiger partial charge in [-0.3, -0.25) is 0 Å². The molecular weight excluding hydrogens is 300 g/mol. The zero-order valence-corrected chi connectivity index (χ0v) is 12.6.